The minimum atomic E-state index is -4.41. The number of aromatic nitrogens is 1. The largest absolute Gasteiger partial charge is 0.726 e. The molecule has 2 aromatic carbocycles. The minimum Gasteiger partial charge on any atom is -0.726 e. The van der Waals surface area contributed by atoms with E-state index >= 15 is 0 Å². The van der Waals surface area contributed by atoms with Crippen molar-refractivity contribution in [2.75, 3.05) is 26.1 Å². The average Bonchev–Trinajstić information content (AvgIpc) is 2.96. The molecule has 27 heavy (non-hydrogen) atoms. The second-order valence-electron chi connectivity index (χ2n) is 5.60. The van der Waals surface area contributed by atoms with Crippen molar-refractivity contribution >= 4 is 48.5 Å². The van der Waals surface area contributed by atoms with Crippen LogP contribution in [0.4, 0.5) is 16.5 Å². The number of aryl methyl sites for hydroxylation is 1. The maximum atomic E-state index is 9.22. The number of hydrogen-bond acceptors (Lipinski definition) is 8. The van der Waals surface area contributed by atoms with Gasteiger partial charge in [-0.3, -0.25) is 4.18 Å². The van der Waals surface area contributed by atoms with Gasteiger partial charge in [-0.05, 0) is 52.8 Å². The zero-order valence-corrected chi connectivity index (χ0v) is 17.0. The molecule has 0 fully saturated rings. The van der Waals surface area contributed by atoms with Crippen LogP contribution >= 0.6 is 11.3 Å². The first kappa shape index (κ1) is 20.9. The lowest BCUT2D eigenvalue weighted by Crippen LogP contribution is -2.25. The highest BCUT2D eigenvalue weighted by Gasteiger charge is 2.15. The molecule has 144 valence electrons. The van der Waals surface area contributed by atoms with E-state index in [0.29, 0.717) is 0 Å². The van der Waals surface area contributed by atoms with Crippen LogP contribution in [-0.4, -0.2) is 34.2 Å². The molecule has 0 radical (unpaired) electrons. The molecule has 8 nitrogen and oxygen atoms in total. The van der Waals surface area contributed by atoms with Crippen molar-refractivity contribution in [2.45, 2.75) is 0 Å². The molecule has 0 saturated heterocycles. The lowest BCUT2D eigenvalue weighted by Gasteiger charge is -2.11. The van der Waals surface area contributed by atoms with Gasteiger partial charge in [-0.1, -0.05) is 12.1 Å². The quantitative estimate of drug-likeness (QED) is 0.285. The van der Waals surface area contributed by atoms with Crippen molar-refractivity contribution < 1.29 is 21.7 Å². The summed E-state index contributed by atoms with van der Waals surface area (Å²) in [5, 5.41) is 9.61. The summed E-state index contributed by atoms with van der Waals surface area (Å²) in [5.41, 5.74) is 3.19. The second kappa shape index (κ2) is 9.00. The van der Waals surface area contributed by atoms with Crippen LogP contribution in [0.15, 0.2) is 58.8 Å². The van der Waals surface area contributed by atoms with Crippen LogP contribution in [0.2, 0.25) is 0 Å². The van der Waals surface area contributed by atoms with Gasteiger partial charge in [0.15, 0.2) is 0 Å². The number of rotatable bonds is 4. The van der Waals surface area contributed by atoms with Crippen LogP contribution in [0.1, 0.15) is 0 Å². The van der Waals surface area contributed by atoms with E-state index in [1.54, 1.807) is 11.3 Å². The fourth-order valence-corrected chi connectivity index (χ4v) is 3.07. The number of anilines is 1. The Balaban J connectivity index is 0.000000380. The third-order valence-electron chi connectivity index (χ3n) is 3.54. The summed E-state index contributed by atoms with van der Waals surface area (Å²) in [6.45, 7) is 0. The number of thiazole rings is 1. The molecule has 10 heteroatoms. The number of hydrogen-bond donors (Lipinski definition) is 0. The van der Waals surface area contributed by atoms with Gasteiger partial charge in [0.05, 0.1) is 24.0 Å². The smallest absolute Gasteiger partial charge is 0.409 e. The minimum absolute atomic E-state index is 0.808. The monoisotopic (exact) mass is 408 g/mol. The van der Waals surface area contributed by atoms with Crippen LogP contribution in [0.5, 0.6) is 0 Å². The molecule has 0 aliphatic rings. The first-order valence-electron chi connectivity index (χ1n) is 7.79. The van der Waals surface area contributed by atoms with Crippen molar-refractivity contribution in [2.24, 2.45) is 17.3 Å². The van der Waals surface area contributed by atoms with Gasteiger partial charge in [-0.25, -0.2) is 13.0 Å². The average molecular weight is 409 g/mol. The Morgan fingerprint density at radius 2 is 1.67 bits per heavy atom. The number of nitrogens with zero attached hydrogens (tertiary/aromatic N) is 4. The molecule has 0 spiro atoms. The molecule has 0 saturated carbocycles. The Morgan fingerprint density at radius 3 is 2.19 bits per heavy atom. The molecule has 0 atom stereocenters. The van der Waals surface area contributed by atoms with Gasteiger partial charge in [-0.2, -0.15) is 0 Å². The SMILES string of the molecule is CN(C)c1ccc(N=Nc2sc3ccccc3[n+]2C)cc1.COS(=O)(=O)[O-]. The third-order valence-corrected chi connectivity index (χ3v) is 5.05. The van der Waals surface area contributed by atoms with E-state index in [1.807, 2.05) is 57.5 Å². The summed E-state index contributed by atoms with van der Waals surface area (Å²) < 4.78 is 34.3. The van der Waals surface area contributed by atoms with Crippen LogP contribution in [0, 0.1) is 0 Å². The molecular weight excluding hydrogens is 388 g/mol. The highest BCUT2D eigenvalue weighted by atomic mass is 32.3. The fraction of sp³-hybridized carbons (Fsp3) is 0.235. The standard InChI is InChI=1S/C16H17N4S.CH4O4S/c1-19(2)13-10-8-12(9-11-13)17-18-16-20(3)14-6-4-5-7-15(14)21-16;1-5-6(2,3)4/h4-11H,1-3H3;1H3,(H,2,3,4)/q+1;/p-1. The lowest BCUT2D eigenvalue weighted by atomic mass is 10.3. The van der Waals surface area contributed by atoms with Gasteiger partial charge in [-0.15, -0.1) is 0 Å². The number of para-hydroxylation sites is 1. The van der Waals surface area contributed by atoms with Gasteiger partial charge in [0, 0.05) is 19.8 Å². The first-order chi connectivity index (χ1) is 12.7. The van der Waals surface area contributed by atoms with Gasteiger partial charge >= 0.3 is 5.13 Å². The van der Waals surface area contributed by atoms with E-state index in [-0.39, 0.29) is 0 Å². The Kier molecular flexibility index (Phi) is 6.97. The zero-order valence-electron chi connectivity index (χ0n) is 15.4. The van der Waals surface area contributed by atoms with Crippen LogP contribution < -0.4 is 9.47 Å². The van der Waals surface area contributed by atoms with Crippen molar-refractivity contribution in [3.8, 4) is 0 Å². The highest BCUT2D eigenvalue weighted by Crippen LogP contribution is 2.27. The van der Waals surface area contributed by atoms with Crippen LogP contribution in [0.3, 0.4) is 0 Å². The maximum absolute atomic E-state index is 9.22. The summed E-state index contributed by atoms with van der Waals surface area (Å²) in [6.07, 6.45) is 0. The van der Waals surface area contributed by atoms with E-state index in [9.17, 15) is 13.0 Å². The van der Waals surface area contributed by atoms with Gasteiger partial charge in [0.1, 0.15) is 11.2 Å². The van der Waals surface area contributed by atoms with Crippen molar-refractivity contribution in [3.05, 3.63) is 48.5 Å². The normalized spacial score (nSPS) is 11.4. The number of azo groups is 1. The van der Waals surface area contributed by atoms with E-state index in [4.69, 9.17) is 0 Å². The van der Waals surface area contributed by atoms with Crippen molar-refractivity contribution in [1.29, 1.82) is 0 Å². The molecule has 0 N–H and O–H groups in total. The molecule has 0 aliphatic heterocycles. The molecule has 0 amide bonds. The van der Waals surface area contributed by atoms with Gasteiger partial charge < -0.3 is 9.45 Å². The number of fused-ring (bicyclic) bond motifs is 1. The molecule has 0 bridgehead atoms. The van der Waals surface area contributed by atoms with Gasteiger partial charge in [0.25, 0.3) is 0 Å². The molecule has 3 aromatic rings. The topological polar surface area (TPSA) is 98.3 Å². The molecule has 1 aromatic heterocycles. The Bertz CT molecular complexity index is 1030. The summed E-state index contributed by atoms with van der Waals surface area (Å²) in [7, 11) is 2.46. The summed E-state index contributed by atoms with van der Waals surface area (Å²) in [4.78, 5) is 2.06. The maximum Gasteiger partial charge on any atom is 0.409 e. The third kappa shape index (κ3) is 6.07. The van der Waals surface area contributed by atoms with Crippen molar-refractivity contribution in [1.82, 2.24) is 0 Å². The van der Waals surface area contributed by atoms with E-state index < -0.39 is 10.4 Å². The summed E-state index contributed by atoms with van der Waals surface area (Å²) >= 11 is 1.65. The highest BCUT2D eigenvalue weighted by molar-refractivity contribution is 7.80. The molecule has 1 heterocycles. The molecule has 0 unspecified atom stereocenters. The van der Waals surface area contributed by atoms with E-state index in [1.165, 1.54) is 10.2 Å². The molecule has 3 rings (SSSR count). The first-order valence-corrected chi connectivity index (χ1v) is 9.94. The number of benzene rings is 2. The van der Waals surface area contributed by atoms with Crippen molar-refractivity contribution in [3.63, 3.8) is 0 Å². The Hall–Kier alpha value is -2.40. The molecule has 0 aliphatic carbocycles. The van der Waals surface area contributed by atoms with Crippen LogP contribution in [-0.2, 0) is 21.6 Å². The fourth-order valence-electron chi connectivity index (χ4n) is 2.10. The van der Waals surface area contributed by atoms with Gasteiger partial charge in [0.2, 0.25) is 10.4 Å². The van der Waals surface area contributed by atoms with E-state index in [2.05, 4.69) is 36.0 Å². The Labute approximate surface area is 162 Å². The predicted octanol–water partition coefficient (Wildman–Crippen LogP) is 3.30. The predicted molar refractivity (Wildman–Crippen MR) is 105 cm³/mol. The molecular formula is C17H20N4O4S2. The second-order valence-corrected chi connectivity index (χ2v) is 7.76. The summed E-state index contributed by atoms with van der Waals surface area (Å²) in [5.74, 6) is 0. The summed E-state index contributed by atoms with van der Waals surface area (Å²) in [6, 6.07) is 16.3. The van der Waals surface area contributed by atoms with E-state index in [0.717, 1.165) is 23.6 Å². The van der Waals surface area contributed by atoms with Crippen LogP contribution in [0.25, 0.3) is 10.2 Å². The lowest BCUT2D eigenvalue weighted by molar-refractivity contribution is -0.627. The Morgan fingerprint density at radius 1 is 1.07 bits per heavy atom. The zero-order chi connectivity index (χ0) is 20.0.